The predicted octanol–water partition coefficient (Wildman–Crippen LogP) is 1.36. The molecule has 0 fully saturated rings. The van der Waals surface area contributed by atoms with Gasteiger partial charge < -0.3 is 15.4 Å². The zero-order valence-electron chi connectivity index (χ0n) is 10.1. The van der Waals surface area contributed by atoms with Crippen LogP contribution in [-0.2, 0) is 4.74 Å². The average molecular weight is 221 g/mol. The van der Waals surface area contributed by atoms with E-state index in [1.807, 2.05) is 32.2 Å². The Morgan fingerprint density at radius 2 is 2.19 bits per heavy atom. The molecule has 0 saturated carbocycles. The van der Waals surface area contributed by atoms with Gasteiger partial charge in [-0.25, -0.2) is 0 Å². The maximum atomic E-state index is 7.56. The Balaban J connectivity index is 3.04. The molecule has 16 heavy (non-hydrogen) atoms. The lowest BCUT2D eigenvalue weighted by Crippen LogP contribution is -2.26. The third-order valence-corrected chi connectivity index (χ3v) is 2.54. The zero-order chi connectivity index (χ0) is 12.1. The van der Waals surface area contributed by atoms with Crippen molar-refractivity contribution in [3.63, 3.8) is 0 Å². The molecule has 0 atom stereocenters. The lowest BCUT2D eigenvalue weighted by molar-refractivity contribution is 0.206. The number of hydrogen-bond acceptors (Lipinski definition) is 3. The maximum absolute atomic E-state index is 7.56. The number of nitrogens with one attached hydrogen (secondary N) is 1. The second kappa shape index (κ2) is 5.51. The van der Waals surface area contributed by atoms with Crippen LogP contribution in [0, 0.1) is 12.3 Å². The van der Waals surface area contributed by atoms with E-state index in [0.29, 0.717) is 6.61 Å². The van der Waals surface area contributed by atoms with Gasteiger partial charge in [0.15, 0.2) is 0 Å². The molecule has 1 rings (SSSR count). The van der Waals surface area contributed by atoms with Crippen molar-refractivity contribution in [2.24, 2.45) is 5.73 Å². The molecule has 0 heterocycles. The monoisotopic (exact) mass is 221 g/mol. The molecule has 0 radical (unpaired) electrons. The fraction of sp³-hybridized carbons (Fsp3) is 0.417. The van der Waals surface area contributed by atoms with E-state index in [0.717, 1.165) is 23.4 Å². The number of hydrogen-bond donors (Lipinski definition) is 2. The number of ether oxygens (including phenoxy) is 1. The number of nitrogens with two attached hydrogens (primary N) is 1. The lowest BCUT2D eigenvalue weighted by Gasteiger charge is -2.23. The molecule has 88 valence electrons. The number of nitrogens with zero attached hydrogens (tertiary/aromatic N) is 1. The van der Waals surface area contributed by atoms with Gasteiger partial charge >= 0.3 is 0 Å². The molecule has 0 amide bonds. The Morgan fingerprint density at radius 1 is 1.50 bits per heavy atom. The third-order valence-electron chi connectivity index (χ3n) is 2.54. The van der Waals surface area contributed by atoms with Crippen LogP contribution in [0.2, 0.25) is 0 Å². The molecule has 0 aliphatic rings. The van der Waals surface area contributed by atoms with Gasteiger partial charge in [0.25, 0.3) is 0 Å². The summed E-state index contributed by atoms with van der Waals surface area (Å²) in [6, 6.07) is 5.80. The Kier molecular flexibility index (Phi) is 4.31. The molecule has 1 aromatic rings. The molecular weight excluding hydrogens is 202 g/mol. The van der Waals surface area contributed by atoms with E-state index < -0.39 is 0 Å². The zero-order valence-corrected chi connectivity index (χ0v) is 10.1. The van der Waals surface area contributed by atoms with Gasteiger partial charge in [0, 0.05) is 26.3 Å². The summed E-state index contributed by atoms with van der Waals surface area (Å²) < 4.78 is 5.05. The smallest absolute Gasteiger partial charge is 0.124 e. The minimum absolute atomic E-state index is 0.1000. The van der Waals surface area contributed by atoms with Crippen molar-refractivity contribution in [3.05, 3.63) is 29.3 Å². The van der Waals surface area contributed by atoms with Crippen LogP contribution < -0.4 is 10.6 Å². The number of likely N-dealkylation sites (N-methyl/N-ethyl adjacent to an activating group) is 1. The summed E-state index contributed by atoms with van der Waals surface area (Å²) in [5, 5.41) is 7.56. The highest BCUT2D eigenvalue weighted by molar-refractivity contribution is 6.01. The van der Waals surface area contributed by atoms with Gasteiger partial charge in [0.05, 0.1) is 12.3 Å². The normalized spacial score (nSPS) is 10.2. The second-order valence-corrected chi connectivity index (χ2v) is 3.80. The largest absolute Gasteiger partial charge is 0.384 e. The van der Waals surface area contributed by atoms with Crippen molar-refractivity contribution in [3.8, 4) is 0 Å². The summed E-state index contributed by atoms with van der Waals surface area (Å²) in [5.41, 5.74) is 8.48. The average Bonchev–Trinajstić information content (AvgIpc) is 2.25. The molecule has 0 spiro atoms. The molecule has 4 nitrogen and oxygen atoms in total. The summed E-state index contributed by atoms with van der Waals surface area (Å²) in [4.78, 5) is 2.07. The van der Waals surface area contributed by atoms with Crippen molar-refractivity contribution in [1.29, 1.82) is 5.41 Å². The molecule has 3 N–H and O–H groups in total. The number of benzene rings is 1. The third kappa shape index (κ3) is 2.73. The number of rotatable bonds is 5. The van der Waals surface area contributed by atoms with E-state index >= 15 is 0 Å². The summed E-state index contributed by atoms with van der Waals surface area (Å²) >= 11 is 0. The minimum atomic E-state index is 0.1000. The molecule has 1 aromatic carbocycles. The minimum Gasteiger partial charge on any atom is -0.384 e. The molecular formula is C12H19N3O. The SMILES string of the molecule is COCCN(C)c1c(C)cccc1C(=N)N. The molecule has 0 unspecified atom stereocenters. The van der Waals surface area contributed by atoms with Crippen molar-refractivity contribution in [2.75, 3.05) is 32.2 Å². The summed E-state index contributed by atoms with van der Waals surface area (Å²) in [7, 11) is 3.66. The molecule has 0 bridgehead atoms. The van der Waals surface area contributed by atoms with Gasteiger partial charge in [-0.05, 0) is 18.6 Å². The fourth-order valence-corrected chi connectivity index (χ4v) is 1.72. The molecule has 4 heteroatoms. The number of aryl methyl sites for hydroxylation is 1. The first-order valence-electron chi connectivity index (χ1n) is 5.22. The van der Waals surface area contributed by atoms with Gasteiger partial charge in [-0.1, -0.05) is 12.1 Å². The molecule has 0 aliphatic heterocycles. The van der Waals surface area contributed by atoms with E-state index in [4.69, 9.17) is 15.9 Å². The summed E-state index contributed by atoms with van der Waals surface area (Å²) in [6.07, 6.45) is 0. The van der Waals surface area contributed by atoms with Crippen molar-refractivity contribution in [2.45, 2.75) is 6.92 Å². The van der Waals surface area contributed by atoms with E-state index in [-0.39, 0.29) is 5.84 Å². The quantitative estimate of drug-likeness (QED) is 0.583. The first-order valence-corrected chi connectivity index (χ1v) is 5.22. The van der Waals surface area contributed by atoms with E-state index in [1.54, 1.807) is 7.11 Å². The Morgan fingerprint density at radius 3 is 2.75 bits per heavy atom. The van der Waals surface area contributed by atoms with Crippen LogP contribution in [0.4, 0.5) is 5.69 Å². The van der Waals surface area contributed by atoms with E-state index in [1.165, 1.54) is 0 Å². The Hall–Kier alpha value is -1.55. The van der Waals surface area contributed by atoms with Gasteiger partial charge in [-0.2, -0.15) is 0 Å². The number of anilines is 1. The van der Waals surface area contributed by atoms with Gasteiger partial charge in [0.1, 0.15) is 5.84 Å². The number of nitrogen functional groups attached to an aromatic ring is 1. The van der Waals surface area contributed by atoms with Crippen molar-refractivity contribution >= 4 is 11.5 Å². The maximum Gasteiger partial charge on any atom is 0.124 e. The van der Waals surface area contributed by atoms with E-state index in [9.17, 15) is 0 Å². The highest BCUT2D eigenvalue weighted by Crippen LogP contribution is 2.23. The summed E-state index contributed by atoms with van der Waals surface area (Å²) in [6.45, 7) is 3.45. The lowest BCUT2D eigenvalue weighted by atomic mass is 10.1. The molecule has 0 aromatic heterocycles. The standard InChI is InChI=1S/C12H19N3O/c1-9-5-4-6-10(12(13)14)11(9)15(2)7-8-16-3/h4-6H,7-8H2,1-3H3,(H3,13,14). The predicted molar refractivity (Wildman–Crippen MR) is 67.3 cm³/mol. The van der Waals surface area contributed by atoms with E-state index in [2.05, 4.69) is 4.90 Å². The number of para-hydroxylation sites is 1. The van der Waals surface area contributed by atoms with Gasteiger partial charge in [0.2, 0.25) is 0 Å². The van der Waals surface area contributed by atoms with Crippen LogP contribution >= 0.6 is 0 Å². The molecule has 0 aliphatic carbocycles. The van der Waals surface area contributed by atoms with Gasteiger partial charge in [-0.3, -0.25) is 5.41 Å². The van der Waals surface area contributed by atoms with Crippen molar-refractivity contribution in [1.82, 2.24) is 0 Å². The van der Waals surface area contributed by atoms with Crippen molar-refractivity contribution < 1.29 is 4.74 Å². The van der Waals surface area contributed by atoms with Crippen LogP contribution in [-0.4, -0.2) is 33.1 Å². The Labute approximate surface area is 96.5 Å². The van der Waals surface area contributed by atoms with Gasteiger partial charge in [-0.15, -0.1) is 0 Å². The first-order chi connectivity index (χ1) is 7.57. The van der Waals surface area contributed by atoms with Crippen LogP contribution in [0.3, 0.4) is 0 Å². The van der Waals surface area contributed by atoms with Crippen LogP contribution in [0.15, 0.2) is 18.2 Å². The highest BCUT2D eigenvalue weighted by Gasteiger charge is 2.11. The number of amidine groups is 1. The number of methoxy groups -OCH3 is 1. The molecule has 0 saturated heterocycles. The second-order valence-electron chi connectivity index (χ2n) is 3.80. The van der Waals surface area contributed by atoms with Crippen LogP contribution in [0.25, 0.3) is 0 Å². The topological polar surface area (TPSA) is 62.3 Å². The summed E-state index contributed by atoms with van der Waals surface area (Å²) in [5.74, 6) is 0.1000. The highest BCUT2D eigenvalue weighted by atomic mass is 16.5. The Bertz CT molecular complexity index is 377. The fourth-order valence-electron chi connectivity index (χ4n) is 1.72. The van der Waals surface area contributed by atoms with Crippen LogP contribution in [0.1, 0.15) is 11.1 Å². The van der Waals surface area contributed by atoms with Crippen LogP contribution in [0.5, 0.6) is 0 Å². The first kappa shape index (κ1) is 12.5.